The number of carbonyl (C=O) groups is 2. The van der Waals surface area contributed by atoms with Crippen molar-refractivity contribution in [1.29, 1.82) is 0 Å². The Morgan fingerprint density at radius 2 is 2.18 bits per heavy atom. The maximum absolute atomic E-state index is 11.7. The molecule has 0 aliphatic carbocycles. The lowest BCUT2D eigenvalue weighted by Gasteiger charge is -2.36. The van der Waals surface area contributed by atoms with Gasteiger partial charge in [0.15, 0.2) is 6.10 Å². The van der Waals surface area contributed by atoms with Gasteiger partial charge in [-0.1, -0.05) is 13.8 Å². The maximum Gasteiger partial charge on any atom is 0.319 e. The van der Waals surface area contributed by atoms with Crippen LogP contribution < -0.4 is 5.32 Å². The molecule has 2 unspecified atom stereocenters. The molecule has 2 atom stereocenters. The van der Waals surface area contributed by atoms with Gasteiger partial charge in [-0.3, -0.25) is 18.7 Å². The molecule has 1 aliphatic heterocycles. The van der Waals surface area contributed by atoms with Crippen molar-refractivity contribution < 1.29 is 28.3 Å². The lowest BCUT2D eigenvalue weighted by Crippen LogP contribution is -2.48. The fourth-order valence-electron chi connectivity index (χ4n) is 1.40. The zero-order chi connectivity index (χ0) is 13.1. The number of carboxylic acids is 1. The van der Waals surface area contributed by atoms with E-state index in [-0.39, 0.29) is 19.6 Å². The summed E-state index contributed by atoms with van der Waals surface area (Å²) in [6.07, 6.45) is -1.04. The fourth-order valence-corrected chi connectivity index (χ4v) is 2.58. The minimum Gasteiger partial charge on any atom is -0.481 e. The minimum absolute atomic E-state index is 0.0197. The standard InChI is InChI=1S/C9H16NO6P/c1-9(2)5-15-17(14)16-7(9)8(13)10-4-3-6(11)12/h7,17H,3-5H2,1-2H3,(H,10,13)(H,11,12). The molecule has 1 heterocycles. The summed E-state index contributed by atoms with van der Waals surface area (Å²) in [6, 6.07) is 0. The third-order valence-electron chi connectivity index (χ3n) is 2.36. The monoisotopic (exact) mass is 265 g/mol. The first-order valence-electron chi connectivity index (χ1n) is 5.16. The summed E-state index contributed by atoms with van der Waals surface area (Å²) in [7, 11) is -2.62. The second-order valence-corrected chi connectivity index (χ2v) is 5.48. The van der Waals surface area contributed by atoms with E-state index >= 15 is 0 Å². The van der Waals surface area contributed by atoms with E-state index in [1.807, 2.05) is 0 Å². The number of amides is 1. The van der Waals surface area contributed by atoms with E-state index in [2.05, 4.69) is 5.32 Å². The zero-order valence-electron chi connectivity index (χ0n) is 9.69. The number of aliphatic carboxylic acids is 1. The summed E-state index contributed by atoms with van der Waals surface area (Å²) in [5.74, 6) is -1.45. The molecule has 98 valence electrons. The lowest BCUT2D eigenvalue weighted by molar-refractivity contribution is -0.139. The average molecular weight is 265 g/mol. The van der Waals surface area contributed by atoms with Crippen LogP contribution in [-0.4, -0.2) is 36.2 Å². The molecule has 0 bridgehead atoms. The van der Waals surface area contributed by atoms with Gasteiger partial charge in [-0.25, -0.2) is 0 Å². The summed E-state index contributed by atoms with van der Waals surface area (Å²) >= 11 is 0. The molecule has 0 aromatic rings. The fraction of sp³-hybridized carbons (Fsp3) is 0.778. The molecule has 0 spiro atoms. The van der Waals surface area contributed by atoms with Gasteiger partial charge < -0.3 is 14.9 Å². The summed E-state index contributed by atoms with van der Waals surface area (Å²) in [4.78, 5) is 22.0. The second-order valence-electron chi connectivity index (χ2n) is 4.46. The van der Waals surface area contributed by atoms with E-state index in [0.29, 0.717) is 0 Å². The summed E-state index contributed by atoms with van der Waals surface area (Å²) < 4.78 is 21.0. The predicted molar refractivity (Wildman–Crippen MR) is 58.9 cm³/mol. The van der Waals surface area contributed by atoms with Crippen molar-refractivity contribution in [1.82, 2.24) is 5.32 Å². The van der Waals surface area contributed by atoms with Crippen LogP contribution in [0.2, 0.25) is 0 Å². The zero-order valence-corrected chi connectivity index (χ0v) is 10.7. The van der Waals surface area contributed by atoms with Gasteiger partial charge in [-0.15, -0.1) is 0 Å². The third-order valence-corrected chi connectivity index (χ3v) is 3.17. The number of carboxylic acid groups (broad SMARTS) is 1. The molecule has 0 aromatic carbocycles. The molecule has 1 amide bonds. The Balaban J connectivity index is 2.53. The average Bonchev–Trinajstić information content (AvgIpc) is 2.21. The van der Waals surface area contributed by atoms with Crippen LogP contribution in [0.5, 0.6) is 0 Å². The van der Waals surface area contributed by atoms with Gasteiger partial charge in [0, 0.05) is 12.0 Å². The Morgan fingerprint density at radius 3 is 2.76 bits per heavy atom. The van der Waals surface area contributed by atoms with Crippen molar-refractivity contribution in [3.8, 4) is 0 Å². The molecule has 1 saturated heterocycles. The number of rotatable bonds is 4. The van der Waals surface area contributed by atoms with Crippen LogP contribution in [0.1, 0.15) is 20.3 Å². The van der Waals surface area contributed by atoms with Crippen LogP contribution in [0.15, 0.2) is 0 Å². The molecule has 0 aromatic heterocycles. The Hall–Kier alpha value is -0.910. The molecular formula is C9H16NO6P. The van der Waals surface area contributed by atoms with Crippen LogP contribution >= 0.6 is 8.25 Å². The van der Waals surface area contributed by atoms with Gasteiger partial charge in [0.2, 0.25) is 5.91 Å². The lowest BCUT2D eigenvalue weighted by atomic mass is 9.87. The third kappa shape index (κ3) is 4.11. The molecular weight excluding hydrogens is 249 g/mol. The van der Waals surface area contributed by atoms with E-state index in [1.54, 1.807) is 13.8 Å². The molecule has 1 rings (SSSR count). The van der Waals surface area contributed by atoms with Crippen LogP contribution in [0, 0.1) is 5.41 Å². The first-order chi connectivity index (χ1) is 7.83. The normalized spacial score (nSPS) is 27.4. The van der Waals surface area contributed by atoms with Crippen LogP contribution in [0.4, 0.5) is 0 Å². The van der Waals surface area contributed by atoms with Gasteiger partial charge in [-0.05, 0) is 0 Å². The Morgan fingerprint density at radius 1 is 1.53 bits per heavy atom. The van der Waals surface area contributed by atoms with Crippen LogP contribution in [-0.2, 0) is 23.2 Å². The summed E-state index contributed by atoms with van der Waals surface area (Å²) in [6.45, 7) is 3.69. The number of hydrogen-bond donors (Lipinski definition) is 2. The van der Waals surface area contributed by atoms with Crippen LogP contribution in [0.3, 0.4) is 0 Å². The van der Waals surface area contributed by atoms with Crippen molar-refractivity contribution >= 4 is 20.1 Å². The SMILES string of the molecule is CC1(C)CO[PH](=O)OC1C(=O)NCCC(=O)O. The Bertz CT molecular complexity index is 342. The molecule has 0 radical (unpaired) electrons. The molecule has 17 heavy (non-hydrogen) atoms. The highest BCUT2D eigenvalue weighted by molar-refractivity contribution is 7.33. The molecule has 1 fully saturated rings. The highest BCUT2D eigenvalue weighted by Gasteiger charge is 2.41. The number of carbonyl (C=O) groups excluding carboxylic acids is 1. The van der Waals surface area contributed by atoms with Gasteiger partial charge >= 0.3 is 14.2 Å². The highest BCUT2D eigenvalue weighted by atomic mass is 31.1. The minimum atomic E-state index is -2.62. The Labute approximate surface area is 99.4 Å². The molecule has 8 heteroatoms. The van der Waals surface area contributed by atoms with E-state index in [4.69, 9.17) is 14.2 Å². The second kappa shape index (κ2) is 5.62. The molecule has 0 saturated carbocycles. The van der Waals surface area contributed by atoms with Crippen molar-refractivity contribution in [3.05, 3.63) is 0 Å². The van der Waals surface area contributed by atoms with Crippen molar-refractivity contribution in [2.75, 3.05) is 13.2 Å². The summed E-state index contributed by atoms with van der Waals surface area (Å²) in [5.41, 5.74) is -0.591. The number of nitrogens with one attached hydrogen (secondary N) is 1. The quantitative estimate of drug-likeness (QED) is 0.714. The molecule has 7 nitrogen and oxygen atoms in total. The van der Waals surface area contributed by atoms with Gasteiger partial charge in [0.1, 0.15) is 0 Å². The van der Waals surface area contributed by atoms with Crippen molar-refractivity contribution in [2.45, 2.75) is 26.4 Å². The van der Waals surface area contributed by atoms with Gasteiger partial charge in [0.05, 0.1) is 13.0 Å². The van der Waals surface area contributed by atoms with E-state index < -0.39 is 31.7 Å². The predicted octanol–water partition coefficient (Wildman–Crippen LogP) is 0.409. The maximum atomic E-state index is 11.7. The Kier molecular flexibility index (Phi) is 4.68. The van der Waals surface area contributed by atoms with E-state index in [1.165, 1.54) is 0 Å². The molecule has 1 aliphatic rings. The van der Waals surface area contributed by atoms with Crippen molar-refractivity contribution in [3.63, 3.8) is 0 Å². The topological polar surface area (TPSA) is 102 Å². The first kappa shape index (κ1) is 14.2. The highest BCUT2D eigenvalue weighted by Crippen LogP contribution is 2.41. The summed E-state index contributed by atoms with van der Waals surface area (Å²) in [5, 5.41) is 10.9. The molecule has 2 N–H and O–H groups in total. The largest absolute Gasteiger partial charge is 0.481 e. The van der Waals surface area contributed by atoms with Gasteiger partial charge in [0.25, 0.3) is 0 Å². The van der Waals surface area contributed by atoms with E-state index in [0.717, 1.165) is 0 Å². The van der Waals surface area contributed by atoms with E-state index in [9.17, 15) is 14.2 Å². The first-order valence-corrected chi connectivity index (χ1v) is 6.38. The smallest absolute Gasteiger partial charge is 0.319 e. The number of hydrogen-bond acceptors (Lipinski definition) is 5. The van der Waals surface area contributed by atoms with Crippen molar-refractivity contribution in [2.24, 2.45) is 5.41 Å². The van der Waals surface area contributed by atoms with Gasteiger partial charge in [-0.2, -0.15) is 0 Å². The van der Waals surface area contributed by atoms with Crippen LogP contribution in [0.25, 0.3) is 0 Å².